The highest BCUT2D eigenvalue weighted by atomic mass is 32.2. The Hall–Kier alpha value is -1.13. The van der Waals surface area contributed by atoms with Crippen LogP contribution in [-0.4, -0.2) is 20.8 Å². The first-order valence-corrected chi connectivity index (χ1v) is 6.26. The van der Waals surface area contributed by atoms with Crippen LogP contribution in [0.2, 0.25) is 0 Å². The monoisotopic (exact) mass is 224 g/mol. The first-order valence-electron chi connectivity index (χ1n) is 4.68. The molecule has 0 saturated carbocycles. The molecule has 1 unspecified atom stereocenters. The zero-order valence-electron chi connectivity index (χ0n) is 8.22. The molecule has 0 aromatic heterocycles. The van der Waals surface area contributed by atoms with Crippen molar-refractivity contribution < 1.29 is 12.6 Å². The van der Waals surface area contributed by atoms with Gasteiger partial charge in [-0.05, 0) is 5.56 Å². The standard InChI is InChI=1S/C11H12O3S/c1-9-8-15(12,13)14-7-11(9)10-5-3-2-4-6-10/h2-6,11H,1,7-8H2. The quantitative estimate of drug-likeness (QED) is 0.538. The Morgan fingerprint density at radius 2 is 1.93 bits per heavy atom. The van der Waals surface area contributed by atoms with Gasteiger partial charge in [-0.1, -0.05) is 42.5 Å². The lowest BCUT2D eigenvalue weighted by Crippen LogP contribution is -2.26. The van der Waals surface area contributed by atoms with Crippen LogP contribution in [0.25, 0.3) is 0 Å². The summed E-state index contributed by atoms with van der Waals surface area (Å²) in [7, 11) is -3.37. The van der Waals surface area contributed by atoms with Gasteiger partial charge in [0.05, 0.1) is 12.4 Å². The summed E-state index contributed by atoms with van der Waals surface area (Å²) < 4.78 is 27.1. The zero-order chi connectivity index (χ0) is 10.9. The van der Waals surface area contributed by atoms with E-state index in [9.17, 15) is 8.42 Å². The van der Waals surface area contributed by atoms with Gasteiger partial charge in [-0.3, -0.25) is 4.18 Å². The third-order valence-electron chi connectivity index (χ3n) is 2.47. The van der Waals surface area contributed by atoms with Crippen LogP contribution < -0.4 is 0 Å². The molecule has 1 aromatic rings. The number of hydrogen-bond donors (Lipinski definition) is 0. The lowest BCUT2D eigenvalue weighted by atomic mass is 9.94. The summed E-state index contributed by atoms with van der Waals surface area (Å²) in [6, 6.07) is 9.68. The Balaban J connectivity index is 2.24. The minimum absolute atomic E-state index is 0.00488. The van der Waals surface area contributed by atoms with E-state index in [4.69, 9.17) is 4.18 Å². The topological polar surface area (TPSA) is 43.4 Å². The van der Waals surface area contributed by atoms with Crippen LogP contribution in [0.3, 0.4) is 0 Å². The van der Waals surface area contributed by atoms with Crippen LogP contribution >= 0.6 is 0 Å². The Labute approximate surface area is 89.5 Å². The maximum atomic E-state index is 11.2. The summed E-state index contributed by atoms with van der Waals surface area (Å²) in [6.45, 7) is 3.98. The fraction of sp³-hybridized carbons (Fsp3) is 0.273. The van der Waals surface area contributed by atoms with Gasteiger partial charge in [-0.15, -0.1) is 0 Å². The Bertz CT molecular complexity index is 462. The molecule has 1 aromatic carbocycles. The summed E-state index contributed by atoms with van der Waals surface area (Å²) in [5.74, 6) is -0.0817. The molecule has 1 heterocycles. The van der Waals surface area contributed by atoms with E-state index in [2.05, 4.69) is 6.58 Å². The van der Waals surface area contributed by atoms with E-state index in [1.807, 2.05) is 30.3 Å². The molecule has 2 rings (SSSR count). The van der Waals surface area contributed by atoms with Crippen LogP contribution in [0.4, 0.5) is 0 Å². The second-order valence-electron chi connectivity index (χ2n) is 3.61. The fourth-order valence-electron chi connectivity index (χ4n) is 1.68. The van der Waals surface area contributed by atoms with E-state index >= 15 is 0 Å². The average Bonchev–Trinajstić information content (AvgIpc) is 2.17. The molecule has 1 fully saturated rings. The molecular weight excluding hydrogens is 212 g/mol. The van der Waals surface area contributed by atoms with Crippen molar-refractivity contribution in [1.29, 1.82) is 0 Å². The molecule has 1 aliphatic heterocycles. The van der Waals surface area contributed by atoms with Gasteiger partial charge in [-0.25, -0.2) is 0 Å². The third kappa shape index (κ3) is 2.27. The highest BCUT2D eigenvalue weighted by molar-refractivity contribution is 7.86. The Morgan fingerprint density at radius 3 is 2.53 bits per heavy atom. The van der Waals surface area contributed by atoms with Crippen LogP contribution in [0, 0.1) is 0 Å². The molecule has 15 heavy (non-hydrogen) atoms. The van der Waals surface area contributed by atoms with Crippen LogP contribution in [0.1, 0.15) is 11.5 Å². The summed E-state index contributed by atoms with van der Waals surface area (Å²) in [5.41, 5.74) is 1.75. The second kappa shape index (κ2) is 3.79. The maximum absolute atomic E-state index is 11.2. The Morgan fingerprint density at radius 1 is 1.27 bits per heavy atom. The Kier molecular flexibility index (Phi) is 2.63. The van der Waals surface area contributed by atoms with Crippen molar-refractivity contribution in [3.05, 3.63) is 48.0 Å². The van der Waals surface area contributed by atoms with Gasteiger partial charge in [-0.2, -0.15) is 8.42 Å². The molecule has 1 aliphatic rings. The maximum Gasteiger partial charge on any atom is 0.271 e. The van der Waals surface area contributed by atoms with Gasteiger partial charge in [0.15, 0.2) is 0 Å². The van der Waals surface area contributed by atoms with Crippen molar-refractivity contribution in [3.63, 3.8) is 0 Å². The first kappa shape index (κ1) is 10.4. The van der Waals surface area contributed by atoms with Crippen molar-refractivity contribution in [3.8, 4) is 0 Å². The summed E-state index contributed by atoms with van der Waals surface area (Å²) in [6.07, 6.45) is 0. The molecular formula is C11H12O3S. The van der Waals surface area contributed by atoms with E-state index in [0.29, 0.717) is 5.57 Å². The predicted molar refractivity (Wildman–Crippen MR) is 58.1 cm³/mol. The van der Waals surface area contributed by atoms with E-state index in [1.165, 1.54) is 0 Å². The molecule has 0 N–H and O–H groups in total. The zero-order valence-corrected chi connectivity index (χ0v) is 9.03. The number of benzene rings is 1. The van der Waals surface area contributed by atoms with E-state index in [1.54, 1.807) is 0 Å². The lowest BCUT2D eigenvalue weighted by Gasteiger charge is -2.24. The minimum Gasteiger partial charge on any atom is -0.269 e. The minimum atomic E-state index is -3.37. The third-order valence-corrected chi connectivity index (χ3v) is 3.69. The highest BCUT2D eigenvalue weighted by Gasteiger charge is 2.28. The molecule has 1 saturated heterocycles. The van der Waals surface area contributed by atoms with Gasteiger partial charge >= 0.3 is 0 Å². The summed E-state index contributed by atoms with van der Waals surface area (Å²) in [4.78, 5) is 0. The van der Waals surface area contributed by atoms with Gasteiger partial charge < -0.3 is 0 Å². The van der Waals surface area contributed by atoms with Crippen molar-refractivity contribution in [2.75, 3.05) is 12.4 Å². The number of hydrogen-bond acceptors (Lipinski definition) is 3. The lowest BCUT2D eigenvalue weighted by molar-refractivity contribution is 0.291. The van der Waals surface area contributed by atoms with E-state index in [0.717, 1.165) is 5.56 Å². The van der Waals surface area contributed by atoms with E-state index in [-0.39, 0.29) is 18.3 Å². The summed E-state index contributed by atoms with van der Waals surface area (Å²) >= 11 is 0. The number of rotatable bonds is 1. The smallest absolute Gasteiger partial charge is 0.269 e. The van der Waals surface area contributed by atoms with Gasteiger partial charge in [0.1, 0.15) is 0 Å². The van der Waals surface area contributed by atoms with Crippen molar-refractivity contribution >= 4 is 10.1 Å². The van der Waals surface area contributed by atoms with E-state index < -0.39 is 10.1 Å². The molecule has 80 valence electrons. The molecule has 3 nitrogen and oxygen atoms in total. The fourth-order valence-corrected chi connectivity index (χ4v) is 2.76. The largest absolute Gasteiger partial charge is 0.271 e. The molecule has 0 radical (unpaired) electrons. The van der Waals surface area contributed by atoms with Gasteiger partial charge in [0.25, 0.3) is 10.1 Å². The van der Waals surface area contributed by atoms with Crippen LogP contribution in [0.15, 0.2) is 42.5 Å². The van der Waals surface area contributed by atoms with Crippen molar-refractivity contribution in [2.45, 2.75) is 5.92 Å². The normalized spacial score (nSPS) is 25.1. The van der Waals surface area contributed by atoms with Gasteiger partial charge in [0, 0.05) is 5.92 Å². The molecule has 0 spiro atoms. The predicted octanol–water partition coefficient (Wildman–Crippen LogP) is 1.69. The second-order valence-corrected chi connectivity index (χ2v) is 5.25. The average molecular weight is 224 g/mol. The molecule has 1 atom stereocenters. The first-order chi connectivity index (χ1) is 7.08. The summed E-state index contributed by atoms with van der Waals surface area (Å²) in [5, 5.41) is 0. The SMILES string of the molecule is C=C1CS(=O)(=O)OCC1c1ccccc1. The molecule has 0 amide bonds. The van der Waals surface area contributed by atoms with Crippen LogP contribution in [-0.2, 0) is 14.3 Å². The molecule has 4 heteroatoms. The molecule has 0 aliphatic carbocycles. The van der Waals surface area contributed by atoms with Crippen LogP contribution in [0.5, 0.6) is 0 Å². The van der Waals surface area contributed by atoms with Crippen molar-refractivity contribution in [2.24, 2.45) is 0 Å². The van der Waals surface area contributed by atoms with Gasteiger partial charge in [0.2, 0.25) is 0 Å². The molecule has 0 bridgehead atoms. The highest BCUT2D eigenvalue weighted by Crippen LogP contribution is 2.29. The van der Waals surface area contributed by atoms with Crippen molar-refractivity contribution in [1.82, 2.24) is 0 Å².